The lowest BCUT2D eigenvalue weighted by molar-refractivity contribution is -0.0172. The van der Waals surface area contributed by atoms with Crippen LogP contribution in [0.2, 0.25) is 0 Å². The maximum absolute atomic E-state index is 10.5. The Hall–Kier alpha value is -1.28. The van der Waals surface area contributed by atoms with E-state index in [9.17, 15) is 5.11 Å². The van der Waals surface area contributed by atoms with Crippen molar-refractivity contribution in [3.8, 4) is 0 Å². The zero-order valence-corrected chi connectivity index (χ0v) is 18.8. The first-order valence-electron chi connectivity index (χ1n) is 11.2. The highest BCUT2D eigenvalue weighted by Crippen LogP contribution is 2.32. The van der Waals surface area contributed by atoms with Gasteiger partial charge in [-0.2, -0.15) is 0 Å². The number of aliphatic hydroxyl groups excluding tert-OH is 1. The summed E-state index contributed by atoms with van der Waals surface area (Å²) in [6.45, 7) is 6.20. The normalized spacial score (nSPS) is 22.5. The fraction of sp³-hybridized carbons (Fsp3) is 0.583. The van der Waals surface area contributed by atoms with Gasteiger partial charge in [0.05, 0.1) is 24.9 Å². The van der Waals surface area contributed by atoms with Crippen molar-refractivity contribution in [1.82, 2.24) is 15.1 Å². The minimum absolute atomic E-state index is 0.119. The summed E-state index contributed by atoms with van der Waals surface area (Å²) in [7, 11) is 2.19. The van der Waals surface area contributed by atoms with Crippen LogP contribution in [0.1, 0.15) is 41.0 Å². The van der Waals surface area contributed by atoms with Crippen molar-refractivity contribution in [3.63, 3.8) is 0 Å². The molecule has 1 aromatic carbocycles. The average molecular weight is 430 g/mol. The first-order chi connectivity index (χ1) is 14.7. The van der Waals surface area contributed by atoms with E-state index in [4.69, 9.17) is 4.74 Å². The SMILES string of the molecule is CN1CCN([C@@H](CNC[C@@H](O)CO[C@@H]2CCCc3ccccc32)c2cccs2)CC1. The number of hydrogen-bond donors (Lipinski definition) is 2. The highest BCUT2D eigenvalue weighted by Gasteiger charge is 2.25. The molecule has 2 N–H and O–H groups in total. The van der Waals surface area contributed by atoms with E-state index < -0.39 is 6.10 Å². The zero-order valence-electron chi connectivity index (χ0n) is 18.0. The smallest absolute Gasteiger partial charge is 0.0897 e. The average Bonchev–Trinajstić information content (AvgIpc) is 3.30. The lowest BCUT2D eigenvalue weighted by Crippen LogP contribution is -2.48. The quantitative estimate of drug-likeness (QED) is 0.642. The lowest BCUT2D eigenvalue weighted by Gasteiger charge is -2.38. The van der Waals surface area contributed by atoms with E-state index in [1.807, 2.05) is 11.3 Å². The first kappa shape index (κ1) is 21.9. The van der Waals surface area contributed by atoms with Gasteiger partial charge in [0.15, 0.2) is 0 Å². The van der Waals surface area contributed by atoms with Gasteiger partial charge in [-0.3, -0.25) is 4.90 Å². The molecular formula is C24H35N3O2S. The number of fused-ring (bicyclic) bond motifs is 1. The minimum Gasteiger partial charge on any atom is -0.389 e. The predicted molar refractivity (Wildman–Crippen MR) is 123 cm³/mol. The second-order valence-corrected chi connectivity index (χ2v) is 9.57. The molecule has 0 saturated carbocycles. The largest absolute Gasteiger partial charge is 0.389 e. The Balaban J connectivity index is 1.24. The van der Waals surface area contributed by atoms with E-state index in [1.165, 1.54) is 16.0 Å². The molecule has 164 valence electrons. The molecule has 4 rings (SSSR count). The highest BCUT2D eigenvalue weighted by molar-refractivity contribution is 7.10. The van der Waals surface area contributed by atoms with Gasteiger partial charge in [-0.1, -0.05) is 30.3 Å². The van der Waals surface area contributed by atoms with Crippen LogP contribution in [0.25, 0.3) is 0 Å². The molecule has 3 atom stereocenters. The van der Waals surface area contributed by atoms with E-state index >= 15 is 0 Å². The molecule has 0 amide bonds. The molecule has 1 aromatic heterocycles. The molecule has 30 heavy (non-hydrogen) atoms. The maximum atomic E-state index is 10.5. The summed E-state index contributed by atoms with van der Waals surface area (Å²) < 4.78 is 6.13. The third-order valence-electron chi connectivity index (χ3n) is 6.37. The molecule has 1 fully saturated rings. The third kappa shape index (κ3) is 5.69. The van der Waals surface area contributed by atoms with E-state index in [0.717, 1.165) is 52.0 Å². The van der Waals surface area contributed by atoms with Gasteiger partial charge in [-0.05, 0) is 48.9 Å². The number of hydrogen-bond acceptors (Lipinski definition) is 6. The molecule has 0 spiro atoms. The Kier molecular flexibility index (Phi) is 7.93. The summed E-state index contributed by atoms with van der Waals surface area (Å²) >= 11 is 1.82. The van der Waals surface area contributed by atoms with Crippen LogP contribution in [-0.2, 0) is 11.2 Å². The maximum Gasteiger partial charge on any atom is 0.0897 e. The predicted octanol–water partition coefficient (Wildman–Crippen LogP) is 3.08. The number of thiophene rings is 1. The van der Waals surface area contributed by atoms with Crippen molar-refractivity contribution in [1.29, 1.82) is 0 Å². The van der Waals surface area contributed by atoms with E-state index in [2.05, 4.69) is 63.9 Å². The van der Waals surface area contributed by atoms with Crippen molar-refractivity contribution >= 4 is 11.3 Å². The van der Waals surface area contributed by atoms with Crippen LogP contribution >= 0.6 is 11.3 Å². The van der Waals surface area contributed by atoms with Gasteiger partial charge in [0.1, 0.15) is 0 Å². The van der Waals surface area contributed by atoms with E-state index in [1.54, 1.807) is 0 Å². The second-order valence-electron chi connectivity index (χ2n) is 8.60. The molecule has 1 saturated heterocycles. The third-order valence-corrected chi connectivity index (χ3v) is 7.35. The number of likely N-dealkylation sites (N-methyl/N-ethyl adjacent to an activating group) is 1. The van der Waals surface area contributed by atoms with Crippen molar-refractivity contribution in [2.45, 2.75) is 37.5 Å². The van der Waals surface area contributed by atoms with Gasteiger partial charge in [-0.25, -0.2) is 0 Å². The number of nitrogens with zero attached hydrogens (tertiary/aromatic N) is 2. The van der Waals surface area contributed by atoms with Gasteiger partial charge in [0.25, 0.3) is 0 Å². The van der Waals surface area contributed by atoms with Crippen LogP contribution in [0.15, 0.2) is 41.8 Å². The number of aryl methyl sites for hydroxylation is 1. The molecule has 0 unspecified atom stereocenters. The van der Waals surface area contributed by atoms with E-state index in [-0.39, 0.29) is 6.10 Å². The molecule has 2 heterocycles. The minimum atomic E-state index is -0.490. The molecule has 1 aliphatic carbocycles. The molecule has 2 aromatic rings. The number of nitrogens with one attached hydrogen (secondary N) is 1. The van der Waals surface area contributed by atoms with Crippen LogP contribution in [0.5, 0.6) is 0 Å². The molecule has 1 aliphatic heterocycles. The van der Waals surface area contributed by atoms with Gasteiger partial charge < -0.3 is 20.1 Å². The van der Waals surface area contributed by atoms with Gasteiger partial charge in [0, 0.05) is 44.1 Å². The molecule has 5 nitrogen and oxygen atoms in total. The molecular weight excluding hydrogens is 394 g/mol. The topological polar surface area (TPSA) is 48.0 Å². The van der Waals surface area contributed by atoms with Crippen LogP contribution in [0.3, 0.4) is 0 Å². The van der Waals surface area contributed by atoms with Crippen molar-refractivity contribution in [2.75, 3.05) is 52.9 Å². The number of piperazine rings is 1. The fourth-order valence-electron chi connectivity index (χ4n) is 4.58. The Morgan fingerprint density at radius 2 is 1.97 bits per heavy atom. The first-order valence-corrected chi connectivity index (χ1v) is 12.1. The molecule has 6 heteroatoms. The Bertz CT molecular complexity index is 762. The summed E-state index contributed by atoms with van der Waals surface area (Å²) in [6, 6.07) is 13.3. The highest BCUT2D eigenvalue weighted by atomic mass is 32.1. The summed E-state index contributed by atoms with van der Waals surface area (Å²) in [5, 5.41) is 16.2. The standard InChI is InChI=1S/C24H35N3O2S/c1-26-11-13-27(14-12-26)22(24-10-5-15-30-24)17-25-16-20(28)18-29-23-9-4-7-19-6-2-3-8-21(19)23/h2-3,5-6,8,10,15,20,22-23,25,28H,4,7,9,11-14,16-18H2,1H3/t20-,22+,23-/m1/s1. The van der Waals surface area contributed by atoms with Crippen LogP contribution in [-0.4, -0.2) is 73.9 Å². The van der Waals surface area contributed by atoms with Gasteiger partial charge in [-0.15, -0.1) is 11.3 Å². The number of rotatable bonds is 9. The number of ether oxygens (including phenoxy) is 1. The van der Waals surface area contributed by atoms with Gasteiger partial charge >= 0.3 is 0 Å². The van der Waals surface area contributed by atoms with Crippen molar-refractivity contribution < 1.29 is 9.84 Å². The van der Waals surface area contributed by atoms with Crippen molar-refractivity contribution in [2.24, 2.45) is 0 Å². The molecule has 0 bridgehead atoms. The van der Waals surface area contributed by atoms with Crippen LogP contribution in [0, 0.1) is 0 Å². The van der Waals surface area contributed by atoms with E-state index in [0.29, 0.717) is 19.2 Å². The molecule has 0 radical (unpaired) electrons. The summed E-state index contributed by atoms with van der Waals surface area (Å²) in [6.07, 6.45) is 2.96. The summed E-state index contributed by atoms with van der Waals surface area (Å²) in [5.74, 6) is 0. The second kappa shape index (κ2) is 10.8. The number of benzene rings is 1. The van der Waals surface area contributed by atoms with Crippen LogP contribution < -0.4 is 5.32 Å². The monoisotopic (exact) mass is 429 g/mol. The van der Waals surface area contributed by atoms with Gasteiger partial charge in [0.2, 0.25) is 0 Å². The summed E-state index contributed by atoms with van der Waals surface area (Å²) in [4.78, 5) is 6.36. The van der Waals surface area contributed by atoms with Crippen LogP contribution in [0.4, 0.5) is 0 Å². The molecule has 2 aliphatic rings. The number of aliphatic hydroxyl groups is 1. The fourth-order valence-corrected chi connectivity index (χ4v) is 5.44. The lowest BCUT2D eigenvalue weighted by atomic mass is 9.89. The zero-order chi connectivity index (χ0) is 20.8. The van der Waals surface area contributed by atoms with Crippen molar-refractivity contribution in [3.05, 3.63) is 57.8 Å². The Morgan fingerprint density at radius 3 is 2.77 bits per heavy atom. The Labute approximate surface area is 184 Å². The Morgan fingerprint density at radius 1 is 1.13 bits per heavy atom. The summed E-state index contributed by atoms with van der Waals surface area (Å²) in [5.41, 5.74) is 2.70.